The largest absolute Gasteiger partial charge is 0.480 e. The van der Waals surface area contributed by atoms with E-state index in [-0.39, 0.29) is 6.54 Å². The van der Waals surface area contributed by atoms with E-state index in [4.69, 9.17) is 10.4 Å². The molecule has 0 heterocycles. The van der Waals surface area contributed by atoms with Gasteiger partial charge in [-0.3, -0.25) is 4.79 Å². The SMILES string of the molecule is CN(CC(=O)O)c1ccc(C#N)cc1Br. The molecule has 4 nitrogen and oxygen atoms in total. The van der Waals surface area contributed by atoms with Crippen molar-refractivity contribution in [1.29, 1.82) is 5.26 Å². The van der Waals surface area contributed by atoms with E-state index in [1.54, 1.807) is 30.1 Å². The predicted molar refractivity (Wildman–Crippen MR) is 59.8 cm³/mol. The van der Waals surface area contributed by atoms with Crippen molar-refractivity contribution in [2.24, 2.45) is 0 Å². The van der Waals surface area contributed by atoms with Crippen LogP contribution in [0.15, 0.2) is 22.7 Å². The second kappa shape index (κ2) is 4.80. The van der Waals surface area contributed by atoms with Gasteiger partial charge in [0, 0.05) is 11.5 Å². The highest BCUT2D eigenvalue weighted by Gasteiger charge is 2.09. The van der Waals surface area contributed by atoms with Crippen LogP contribution in [0, 0.1) is 11.3 Å². The lowest BCUT2D eigenvalue weighted by Crippen LogP contribution is -2.25. The summed E-state index contributed by atoms with van der Waals surface area (Å²) in [5.74, 6) is -0.895. The van der Waals surface area contributed by atoms with Crippen LogP contribution in [0.2, 0.25) is 0 Å². The smallest absolute Gasteiger partial charge is 0.323 e. The van der Waals surface area contributed by atoms with Crippen LogP contribution in [0.4, 0.5) is 5.69 Å². The Hall–Kier alpha value is -1.54. The lowest BCUT2D eigenvalue weighted by Gasteiger charge is -2.18. The molecule has 1 N–H and O–H groups in total. The first-order valence-electron chi connectivity index (χ1n) is 4.17. The fourth-order valence-electron chi connectivity index (χ4n) is 1.17. The van der Waals surface area contributed by atoms with Crippen molar-refractivity contribution in [1.82, 2.24) is 0 Å². The number of benzene rings is 1. The van der Waals surface area contributed by atoms with E-state index in [2.05, 4.69) is 15.9 Å². The van der Waals surface area contributed by atoms with Gasteiger partial charge in [0.1, 0.15) is 6.54 Å². The van der Waals surface area contributed by atoms with Crippen molar-refractivity contribution in [2.75, 3.05) is 18.5 Å². The molecule has 1 aromatic rings. The van der Waals surface area contributed by atoms with Crippen LogP contribution in [-0.4, -0.2) is 24.7 Å². The van der Waals surface area contributed by atoms with Gasteiger partial charge in [-0.1, -0.05) is 0 Å². The van der Waals surface area contributed by atoms with Crippen molar-refractivity contribution in [2.45, 2.75) is 0 Å². The Morgan fingerprint density at radius 3 is 2.80 bits per heavy atom. The molecule has 0 aliphatic carbocycles. The number of halogens is 1. The summed E-state index contributed by atoms with van der Waals surface area (Å²) in [6, 6.07) is 7.04. The molecule has 78 valence electrons. The lowest BCUT2D eigenvalue weighted by molar-refractivity contribution is -0.135. The van der Waals surface area contributed by atoms with Crippen LogP contribution in [-0.2, 0) is 4.79 Å². The number of rotatable bonds is 3. The zero-order valence-electron chi connectivity index (χ0n) is 8.07. The van der Waals surface area contributed by atoms with Crippen LogP contribution >= 0.6 is 15.9 Å². The third kappa shape index (κ3) is 2.96. The molecule has 0 aromatic heterocycles. The lowest BCUT2D eigenvalue weighted by atomic mass is 10.2. The first-order chi connectivity index (χ1) is 7.04. The van der Waals surface area contributed by atoms with E-state index < -0.39 is 5.97 Å². The number of nitrogens with zero attached hydrogens (tertiary/aromatic N) is 2. The molecular weight excluding hydrogens is 260 g/mol. The first kappa shape index (κ1) is 11.5. The molecule has 0 amide bonds. The molecule has 0 atom stereocenters. The standard InChI is InChI=1S/C10H9BrN2O2/c1-13(6-10(14)15)9-3-2-7(5-12)4-8(9)11/h2-4H,6H2,1H3,(H,14,15). The zero-order chi connectivity index (χ0) is 11.4. The summed E-state index contributed by atoms with van der Waals surface area (Å²) in [5, 5.41) is 17.3. The predicted octanol–water partition coefficient (Wildman–Crippen LogP) is 1.84. The van der Waals surface area contributed by atoms with Crippen molar-refractivity contribution in [3.63, 3.8) is 0 Å². The summed E-state index contributed by atoms with van der Waals surface area (Å²) in [6.07, 6.45) is 0. The van der Waals surface area contributed by atoms with E-state index in [1.165, 1.54) is 0 Å². The Morgan fingerprint density at radius 2 is 2.33 bits per heavy atom. The van der Waals surface area contributed by atoms with Gasteiger partial charge in [-0.05, 0) is 34.1 Å². The Morgan fingerprint density at radius 1 is 1.67 bits per heavy atom. The minimum Gasteiger partial charge on any atom is -0.480 e. The molecule has 0 aliphatic rings. The molecule has 0 bridgehead atoms. The fourth-order valence-corrected chi connectivity index (χ4v) is 1.86. The highest BCUT2D eigenvalue weighted by Crippen LogP contribution is 2.26. The van der Waals surface area contributed by atoms with Gasteiger partial charge in [-0.25, -0.2) is 0 Å². The maximum absolute atomic E-state index is 10.5. The number of nitriles is 1. The second-order valence-corrected chi connectivity index (χ2v) is 3.88. The molecule has 1 aromatic carbocycles. The number of hydrogen-bond acceptors (Lipinski definition) is 3. The van der Waals surface area contributed by atoms with Crippen LogP contribution < -0.4 is 4.90 Å². The maximum Gasteiger partial charge on any atom is 0.323 e. The summed E-state index contributed by atoms with van der Waals surface area (Å²) in [7, 11) is 1.68. The number of carbonyl (C=O) groups is 1. The second-order valence-electron chi connectivity index (χ2n) is 3.03. The van der Waals surface area contributed by atoms with Crippen LogP contribution in [0.1, 0.15) is 5.56 Å². The summed E-state index contributed by atoms with van der Waals surface area (Å²) < 4.78 is 0.713. The van der Waals surface area contributed by atoms with E-state index in [0.29, 0.717) is 10.0 Å². The van der Waals surface area contributed by atoms with Gasteiger partial charge in [0.05, 0.1) is 17.3 Å². The van der Waals surface area contributed by atoms with Crippen LogP contribution in [0.25, 0.3) is 0 Å². The fraction of sp³-hybridized carbons (Fsp3) is 0.200. The summed E-state index contributed by atoms with van der Waals surface area (Å²) >= 11 is 3.29. The van der Waals surface area contributed by atoms with Crippen molar-refractivity contribution >= 4 is 27.6 Å². The number of anilines is 1. The molecule has 0 radical (unpaired) electrons. The van der Waals surface area contributed by atoms with Gasteiger partial charge >= 0.3 is 5.97 Å². The number of carboxylic acids is 1. The Balaban J connectivity index is 2.96. The molecule has 0 fully saturated rings. The number of hydrogen-bond donors (Lipinski definition) is 1. The summed E-state index contributed by atoms with van der Waals surface area (Å²) in [4.78, 5) is 12.1. The molecule has 1 rings (SSSR count). The van der Waals surface area contributed by atoms with Gasteiger partial charge in [0.2, 0.25) is 0 Å². The third-order valence-electron chi connectivity index (χ3n) is 1.86. The Bertz CT molecular complexity index is 426. The minimum absolute atomic E-state index is 0.0789. The molecule has 0 spiro atoms. The Kier molecular flexibility index (Phi) is 3.69. The number of likely N-dealkylation sites (N-methyl/N-ethyl adjacent to an activating group) is 1. The van der Waals surface area contributed by atoms with Gasteiger partial charge in [0.15, 0.2) is 0 Å². The summed E-state index contributed by atoms with van der Waals surface area (Å²) in [6.45, 7) is -0.0789. The van der Waals surface area contributed by atoms with Gasteiger partial charge in [0.25, 0.3) is 0 Å². The molecule has 0 aliphatic heterocycles. The molecule has 0 unspecified atom stereocenters. The van der Waals surface area contributed by atoms with E-state index in [0.717, 1.165) is 5.69 Å². The number of aliphatic carboxylic acids is 1. The van der Waals surface area contributed by atoms with Crippen molar-refractivity contribution in [3.05, 3.63) is 28.2 Å². The summed E-state index contributed by atoms with van der Waals surface area (Å²) in [5.41, 5.74) is 1.28. The van der Waals surface area contributed by atoms with Crippen molar-refractivity contribution in [3.8, 4) is 6.07 Å². The normalized spacial score (nSPS) is 9.40. The van der Waals surface area contributed by atoms with Crippen LogP contribution in [0.5, 0.6) is 0 Å². The molecule has 5 heteroatoms. The van der Waals surface area contributed by atoms with Gasteiger partial charge in [-0.2, -0.15) is 5.26 Å². The quantitative estimate of drug-likeness (QED) is 0.909. The monoisotopic (exact) mass is 268 g/mol. The molecule has 15 heavy (non-hydrogen) atoms. The van der Waals surface area contributed by atoms with Gasteiger partial charge < -0.3 is 10.0 Å². The minimum atomic E-state index is -0.895. The van der Waals surface area contributed by atoms with Gasteiger partial charge in [-0.15, -0.1) is 0 Å². The average Bonchev–Trinajstić information content (AvgIpc) is 2.16. The van der Waals surface area contributed by atoms with E-state index in [1.807, 2.05) is 6.07 Å². The first-order valence-corrected chi connectivity index (χ1v) is 4.96. The van der Waals surface area contributed by atoms with E-state index in [9.17, 15) is 4.79 Å². The molecule has 0 saturated heterocycles. The average molecular weight is 269 g/mol. The van der Waals surface area contributed by atoms with Crippen molar-refractivity contribution < 1.29 is 9.90 Å². The third-order valence-corrected chi connectivity index (χ3v) is 2.50. The molecular formula is C10H9BrN2O2. The Labute approximate surface area is 95.9 Å². The highest BCUT2D eigenvalue weighted by molar-refractivity contribution is 9.10. The van der Waals surface area contributed by atoms with E-state index >= 15 is 0 Å². The number of carboxylic acid groups (broad SMARTS) is 1. The maximum atomic E-state index is 10.5. The highest BCUT2D eigenvalue weighted by atomic mass is 79.9. The van der Waals surface area contributed by atoms with Crippen LogP contribution in [0.3, 0.4) is 0 Å². The molecule has 0 saturated carbocycles. The topological polar surface area (TPSA) is 64.3 Å². The zero-order valence-corrected chi connectivity index (χ0v) is 9.65.